The molecule has 1 amide bonds. The molecule has 17 nitrogen and oxygen atoms in total. The molecule has 19 heteroatoms. The quantitative estimate of drug-likeness (QED) is 0.0570. The van der Waals surface area contributed by atoms with Gasteiger partial charge in [0, 0.05) is 70.8 Å². The van der Waals surface area contributed by atoms with E-state index in [9.17, 15) is 20.3 Å². The maximum Gasteiger partial charge on any atom is 0.254 e. The van der Waals surface area contributed by atoms with Gasteiger partial charge in [-0.3, -0.25) is 14.4 Å². The molecular formula is C50H60ClN9O8S. The minimum absolute atomic E-state index is 0.00468. The number of halogens is 1. The lowest BCUT2D eigenvalue weighted by Crippen LogP contribution is -2.74. The van der Waals surface area contributed by atoms with Crippen molar-refractivity contribution in [1.29, 1.82) is 5.26 Å². The number of carbonyl (C=O) groups excluding carboxylic acids is 1. The highest BCUT2D eigenvalue weighted by molar-refractivity contribution is 7.15. The van der Waals surface area contributed by atoms with Crippen molar-refractivity contribution in [3.05, 3.63) is 104 Å². The fourth-order valence-corrected chi connectivity index (χ4v) is 11.3. The molecule has 69 heavy (non-hydrogen) atoms. The van der Waals surface area contributed by atoms with Gasteiger partial charge in [0.15, 0.2) is 12.1 Å². The van der Waals surface area contributed by atoms with Crippen LogP contribution in [0.5, 0.6) is 11.5 Å². The van der Waals surface area contributed by atoms with Gasteiger partial charge in [0.05, 0.1) is 61.0 Å². The highest BCUT2D eigenvalue weighted by atomic mass is 35.5. The Morgan fingerprint density at radius 2 is 1.58 bits per heavy atom. The topological polar surface area (TPSA) is 212 Å². The first-order valence-corrected chi connectivity index (χ1v) is 24.5. The van der Waals surface area contributed by atoms with Crippen molar-refractivity contribution in [3.8, 4) is 22.6 Å². The summed E-state index contributed by atoms with van der Waals surface area (Å²) in [4.78, 5) is 30.8. The van der Waals surface area contributed by atoms with Gasteiger partial charge in [-0.15, -0.1) is 21.5 Å². The fourth-order valence-electron chi connectivity index (χ4n) is 9.90. The fraction of sp³-hybridized carbons (Fsp3) is 0.500. The van der Waals surface area contributed by atoms with E-state index in [1.165, 1.54) is 0 Å². The number of hydrogen-bond donors (Lipinski definition) is 3. The molecule has 1 atom stereocenters. The number of aliphatic hydroxyl groups excluding tert-OH is 1. The summed E-state index contributed by atoms with van der Waals surface area (Å²) in [6.07, 6.45) is 3.15. The van der Waals surface area contributed by atoms with Crippen LogP contribution in [0.25, 0.3) is 5.00 Å². The molecule has 0 radical (unpaired) electrons. The van der Waals surface area contributed by atoms with E-state index in [0.717, 1.165) is 64.0 Å². The zero-order valence-electron chi connectivity index (χ0n) is 40.1. The number of aliphatic imine (C=N–C) groups is 1. The molecule has 0 bridgehead atoms. The van der Waals surface area contributed by atoms with Crippen LogP contribution in [0.4, 0.5) is 5.95 Å². The molecule has 3 aliphatic rings. The summed E-state index contributed by atoms with van der Waals surface area (Å²) in [5.41, 5.74) is 3.75. The molecule has 1 saturated heterocycles. The Hall–Kier alpha value is -5.52. The first-order valence-electron chi connectivity index (χ1n) is 23.3. The second kappa shape index (κ2) is 21.2. The standard InChI is InChI=1S/C50H60ClN9O8S/c1-29-30(2)69-45-41(29)42(55-39(25-40(61)62)43-58-57-31(3)60(43)45)32-8-11-35(12-9-32)66-22-20-64-18-19-65-21-23-67-36-14-16-59(17-15-36)48-53-27-34(28-54-48)44(63)56-46-49(4,5)47(50(46,6)7)68-37-13-10-33(26-52)38(51)24-37/h8-13,24,27-28,36,39-40,46-47,61-62H,14-23,25H2,1-7H3,(H,56,63)/t39-,46?,47?/m0/s1. The van der Waals surface area contributed by atoms with Gasteiger partial charge in [-0.1, -0.05) is 39.3 Å². The Balaban J connectivity index is 0.700. The van der Waals surface area contributed by atoms with E-state index < -0.39 is 23.2 Å². The Morgan fingerprint density at radius 1 is 0.928 bits per heavy atom. The van der Waals surface area contributed by atoms with Crippen molar-refractivity contribution in [2.24, 2.45) is 15.8 Å². The van der Waals surface area contributed by atoms with Crippen LogP contribution in [0.15, 0.2) is 59.9 Å². The summed E-state index contributed by atoms with van der Waals surface area (Å²) in [5.74, 6) is 2.92. The van der Waals surface area contributed by atoms with E-state index in [-0.39, 0.29) is 30.6 Å². The van der Waals surface area contributed by atoms with Crippen LogP contribution in [-0.4, -0.2) is 124 Å². The molecular weight excluding hydrogens is 922 g/mol. The average Bonchev–Trinajstić information content (AvgIpc) is 3.81. The zero-order valence-corrected chi connectivity index (χ0v) is 41.6. The molecule has 0 spiro atoms. The van der Waals surface area contributed by atoms with Gasteiger partial charge in [0.25, 0.3) is 5.91 Å². The van der Waals surface area contributed by atoms with E-state index in [1.807, 2.05) is 35.8 Å². The normalized spacial score (nSPS) is 19.5. The molecule has 1 aliphatic carbocycles. The van der Waals surface area contributed by atoms with E-state index in [4.69, 9.17) is 40.3 Å². The maximum atomic E-state index is 13.4. The second-order valence-electron chi connectivity index (χ2n) is 18.8. The van der Waals surface area contributed by atoms with E-state index >= 15 is 0 Å². The number of nitrogens with one attached hydrogen (secondary N) is 1. The number of ether oxygens (including phenoxy) is 5. The number of amides is 1. The molecule has 2 aromatic carbocycles. The van der Waals surface area contributed by atoms with Gasteiger partial charge in [0.1, 0.15) is 47.1 Å². The van der Waals surface area contributed by atoms with Crippen LogP contribution in [0.2, 0.25) is 5.02 Å². The lowest BCUT2D eigenvalue weighted by atomic mass is 9.49. The van der Waals surface area contributed by atoms with E-state index in [2.05, 4.69) is 78.0 Å². The number of benzene rings is 2. The Bertz CT molecular complexity index is 2660. The van der Waals surface area contributed by atoms with Crippen molar-refractivity contribution in [1.82, 2.24) is 30.0 Å². The molecule has 366 valence electrons. The smallest absolute Gasteiger partial charge is 0.254 e. The number of fused-ring (bicyclic) bond motifs is 3. The summed E-state index contributed by atoms with van der Waals surface area (Å²) in [5, 5.41) is 42.2. The summed E-state index contributed by atoms with van der Waals surface area (Å²) in [7, 11) is 0. The van der Waals surface area contributed by atoms with Gasteiger partial charge in [-0.2, -0.15) is 5.26 Å². The zero-order chi connectivity index (χ0) is 49.0. The number of piperidine rings is 1. The van der Waals surface area contributed by atoms with Crippen LogP contribution in [0, 0.1) is 42.9 Å². The van der Waals surface area contributed by atoms with Gasteiger partial charge in [-0.25, -0.2) is 9.97 Å². The number of nitriles is 1. The highest BCUT2D eigenvalue weighted by Gasteiger charge is 2.64. The second-order valence-corrected chi connectivity index (χ2v) is 20.5. The Morgan fingerprint density at radius 3 is 2.23 bits per heavy atom. The lowest BCUT2D eigenvalue weighted by Gasteiger charge is -2.63. The third-order valence-corrected chi connectivity index (χ3v) is 14.8. The third-order valence-electron chi connectivity index (χ3n) is 13.3. The van der Waals surface area contributed by atoms with Crippen LogP contribution in [0.3, 0.4) is 0 Å². The number of aromatic nitrogens is 5. The van der Waals surface area contributed by atoms with Gasteiger partial charge in [-0.05, 0) is 75.6 Å². The van der Waals surface area contributed by atoms with Crippen LogP contribution in [0.1, 0.15) is 102 Å². The first-order chi connectivity index (χ1) is 33.1. The average molecular weight is 983 g/mol. The van der Waals surface area contributed by atoms with E-state index in [1.54, 1.807) is 41.9 Å². The lowest BCUT2D eigenvalue weighted by molar-refractivity contribution is -0.164. The number of carbonyl (C=O) groups is 1. The SMILES string of the molecule is Cc1sc2c(c1C)C(c1ccc(OCCOCCOCCOC3CCN(c4ncc(C(=O)NC5C(C)(C)C(Oc6ccc(C#N)c(Cl)c6)C5(C)C)cn4)CC3)cc1)=N[C@@H](CC(O)O)c1nnc(C)n1-2. The number of hydrogen-bond acceptors (Lipinski definition) is 16. The molecule has 5 heterocycles. The summed E-state index contributed by atoms with van der Waals surface area (Å²) < 4.78 is 31.9. The number of anilines is 1. The summed E-state index contributed by atoms with van der Waals surface area (Å²) in [6.45, 7) is 18.4. The minimum atomic E-state index is -1.55. The van der Waals surface area contributed by atoms with Crippen LogP contribution >= 0.6 is 22.9 Å². The van der Waals surface area contributed by atoms with Gasteiger partial charge in [0.2, 0.25) is 5.95 Å². The largest absolute Gasteiger partial charge is 0.491 e. The number of nitrogens with zero attached hydrogens (tertiary/aromatic N) is 8. The number of rotatable bonds is 19. The number of thiophene rings is 1. The van der Waals surface area contributed by atoms with Gasteiger partial charge >= 0.3 is 0 Å². The van der Waals surface area contributed by atoms with Crippen molar-refractivity contribution in [3.63, 3.8) is 0 Å². The molecule has 8 rings (SSSR count). The summed E-state index contributed by atoms with van der Waals surface area (Å²) >= 11 is 7.89. The van der Waals surface area contributed by atoms with E-state index in [0.29, 0.717) is 79.1 Å². The van der Waals surface area contributed by atoms with Crippen LogP contribution < -0.4 is 19.7 Å². The third kappa shape index (κ3) is 10.8. The molecule has 1 saturated carbocycles. The molecule has 2 aliphatic heterocycles. The minimum Gasteiger partial charge on any atom is -0.491 e. The Labute approximate surface area is 411 Å². The van der Waals surface area contributed by atoms with Crippen LogP contribution in [-0.2, 0) is 14.2 Å². The first kappa shape index (κ1) is 49.9. The predicted octanol–water partition coefficient (Wildman–Crippen LogP) is 6.87. The Kier molecular flexibility index (Phi) is 15.3. The predicted molar refractivity (Wildman–Crippen MR) is 261 cm³/mol. The molecule has 0 unspecified atom stereocenters. The number of aryl methyl sites for hydroxylation is 2. The van der Waals surface area contributed by atoms with Crippen molar-refractivity contribution in [2.75, 3.05) is 57.6 Å². The molecule has 3 N–H and O–H groups in total. The molecule has 2 fully saturated rings. The van der Waals surface area contributed by atoms with Crippen molar-refractivity contribution >= 4 is 40.5 Å². The highest BCUT2D eigenvalue weighted by Crippen LogP contribution is 2.55. The monoisotopic (exact) mass is 981 g/mol. The van der Waals surface area contributed by atoms with Crippen molar-refractivity contribution in [2.45, 2.75) is 98.3 Å². The number of aliphatic hydroxyl groups is 2. The summed E-state index contributed by atoms with van der Waals surface area (Å²) in [6, 6.07) is 14.1. The molecule has 5 aromatic rings. The van der Waals surface area contributed by atoms with Crippen molar-refractivity contribution < 1.29 is 38.7 Å². The molecule has 3 aromatic heterocycles. The maximum absolute atomic E-state index is 13.4. The van der Waals surface area contributed by atoms with Gasteiger partial charge < -0.3 is 44.1 Å².